The molecule has 6 heteroatoms. The quantitative estimate of drug-likeness (QED) is 0.768. The minimum Gasteiger partial charge on any atom is -0.336 e. The number of nitrogens with zero attached hydrogens (tertiary/aromatic N) is 1. The van der Waals surface area contributed by atoms with E-state index in [1.54, 1.807) is 17.0 Å². The van der Waals surface area contributed by atoms with Crippen LogP contribution in [0.1, 0.15) is 20.3 Å². The van der Waals surface area contributed by atoms with Gasteiger partial charge in [0.1, 0.15) is 0 Å². The number of urea groups is 1. The zero-order chi connectivity index (χ0) is 15.4. The summed E-state index contributed by atoms with van der Waals surface area (Å²) >= 11 is 0. The van der Waals surface area contributed by atoms with E-state index in [1.165, 1.54) is 0 Å². The fraction of sp³-hybridized carbons (Fsp3) is 0.467. The Hall–Kier alpha value is -2.08. The number of benzene rings is 1. The molecule has 0 aromatic heterocycles. The van der Waals surface area contributed by atoms with Crippen molar-refractivity contribution in [3.8, 4) is 0 Å². The molecule has 0 radical (unpaired) electrons. The molecule has 1 fully saturated rings. The Morgan fingerprint density at radius 1 is 1.48 bits per heavy atom. The van der Waals surface area contributed by atoms with Crippen molar-refractivity contribution in [3.05, 3.63) is 24.3 Å². The molecule has 0 aliphatic carbocycles. The van der Waals surface area contributed by atoms with Gasteiger partial charge < -0.3 is 16.4 Å². The van der Waals surface area contributed by atoms with Crippen LogP contribution < -0.4 is 21.3 Å². The van der Waals surface area contributed by atoms with E-state index < -0.39 is 6.04 Å². The lowest BCUT2D eigenvalue weighted by atomic mass is 10.0. The van der Waals surface area contributed by atoms with E-state index in [0.717, 1.165) is 5.69 Å². The summed E-state index contributed by atoms with van der Waals surface area (Å²) in [4.78, 5) is 25.3. The maximum absolute atomic E-state index is 12.0. The van der Waals surface area contributed by atoms with Gasteiger partial charge in [-0.1, -0.05) is 19.9 Å². The second kappa shape index (κ2) is 6.58. The van der Waals surface area contributed by atoms with E-state index in [9.17, 15) is 9.59 Å². The minimum atomic E-state index is -0.524. The molecule has 0 saturated carbocycles. The fourth-order valence-electron chi connectivity index (χ4n) is 2.32. The first-order valence-electron chi connectivity index (χ1n) is 7.19. The van der Waals surface area contributed by atoms with Crippen LogP contribution in [-0.2, 0) is 4.79 Å². The molecule has 2 rings (SSSR count). The first kappa shape index (κ1) is 15.3. The van der Waals surface area contributed by atoms with Crippen LogP contribution in [0, 0.1) is 5.92 Å². The van der Waals surface area contributed by atoms with E-state index in [1.807, 2.05) is 26.0 Å². The standard InChI is InChI=1S/C15H22N4O2/c1-10(2)8-13(16)14(20)18-11-4-3-5-12(9-11)19-7-6-17-15(19)21/h3-5,9-10,13H,6-8,16H2,1-2H3,(H,17,21)(H,18,20)/t13-/m0/s1. The summed E-state index contributed by atoms with van der Waals surface area (Å²) in [5.74, 6) is 0.164. The van der Waals surface area contributed by atoms with Crippen molar-refractivity contribution < 1.29 is 9.59 Å². The largest absolute Gasteiger partial charge is 0.336 e. The maximum Gasteiger partial charge on any atom is 0.321 e. The van der Waals surface area contributed by atoms with Crippen molar-refractivity contribution in [2.24, 2.45) is 11.7 Å². The second-order valence-corrected chi connectivity index (χ2v) is 5.66. The molecule has 21 heavy (non-hydrogen) atoms. The summed E-state index contributed by atoms with van der Waals surface area (Å²) in [5.41, 5.74) is 7.28. The van der Waals surface area contributed by atoms with Gasteiger partial charge in [0.05, 0.1) is 6.04 Å². The first-order valence-corrected chi connectivity index (χ1v) is 7.19. The van der Waals surface area contributed by atoms with Crippen LogP contribution in [0.3, 0.4) is 0 Å². The third kappa shape index (κ3) is 3.95. The Morgan fingerprint density at radius 2 is 2.24 bits per heavy atom. The molecule has 114 valence electrons. The molecule has 1 aromatic rings. The topological polar surface area (TPSA) is 87.5 Å². The zero-order valence-electron chi connectivity index (χ0n) is 12.4. The summed E-state index contributed by atoms with van der Waals surface area (Å²) in [5, 5.41) is 5.55. The predicted molar refractivity (Wildman–Crippen MR) is 83.2 cm³/mol. The number of carbonyl (C=O) groups excluding carboxylic acids is 2. The minimum absolute atomic E-state index is 0.116. The van der Waals surface area contributed by atoms with Crippen LogP contribution in [0.2, 0.25) is 0 Å². The fourth-order valence-corrected chi connectivity index (χ4v) is 2.32. The Morgan fingerprint density at radius 3 is 2.86 bits per heavy atom. The Balaban J connectivity index is 2.04. The van der Waals surface area contributed by atoms with Crippen LogP contribution in [0.15, 0.2) is 24.3 Å². The number of nitrogens with one attached hydrogen (secondary N) is 2. The smallest absolute Gasteiger partial charge is 0.321 e. The van der Waals surface area contributed by atoms with Crippen LogP contribution >= 0.6 is 0 Å². The van der Waals surface area contributed by atoms with Gasteiger partial charge in [-0.25, -0.2) is 4.79 Å². The van der Waals surface area contributed by atoms with Gasteiger partial charge in [0.2, 0.25) is 5.91 Å². The highest BCUT2D eigenvalue weighted by Crippen LogP contribution is 2.21. The molecular weight excluding hydrogens is 268 g/mol. The van der Waals surface area contributed by atoms with Crippen LogP contribution in [0.25, 0.3) is 0 Å². The van der Waals surface area contributed by atoms with Crippen molar-refractivity contribution in [3.63, 3.8) is 0 Å². The molecule has 4 N–H and O–H groups in total. The molecule has 3 amide bonds. The highest BCUT2D eigenvalue weighted by atomic mass is 16.2. The Labute approximate surface area is 124 Å². The number of hydrogen-bond acceptors (Lipinski definition) is 3. The highest BCUT2D eigenvalue weighted by molar-refractivity contribution is 5.97. The first-order chi connectivity index (χ1) is 9.97. The summed E-state index contributed by atoms with van der Waals surface area (Å²) in [6, 6.07) is 6.58. The summed E-state index contributed by atoms with van der Waals surface area (Å²) in [6.45, 7) is 5.32. The molecule has 0 bridgehead atoms. The van der Waals surface area contributed by atoms with Gasteiger partial charge in [-0.3, -0.25) is 9.69 Å². The number of amides is 3. The average Bonchev–Trinajstić information content (AvgIpc) is 2.84. The molecule has 1 aliphatic heterocycles. The third-order valence-corrected chi connectivity index (χ3v) is 3.34. The van der Waals surface area contributed by atoms with E-state index in [-0.39, 0.29) is 11.9 Å². The number of anilines is 2. The van der Waals surface area contributed by atoms with Gasteiger partial charge in [0.25, 0.3) is 0 Å². The summed E-state index contributed by atoms with van der Waals surface area (Å²) in [6.07, 6.45) is 0.639. The molecule has 1 aliphatic rings. The molecule has 1 atom stereocenters. The van der Waals surface area contributed by atoms with Gasteiger partial charge in [0, 0.05) is 24.5 Å². The number of hydrogen-bond donors (Lipinski definition) is 3. The molecule has 1 saturated heterocycles. The maximum atomic E-state index is 12.0. The lowest BCUT2D eigenvalue weighted by molar-refractivity contribution is -0.117. The van der Waals surface area contributed by atoms with Gasteiger partial charge in [-0.05, 0) is 30.5 Å². The van der Waals surface area contributed by atoms with E-state index in [4.69, 9.17) is 5.73 Å². The van der Waals surface area contributed by atoms with Gasteiger partial charge in [-0.15, -0.1) is 0 Å². The van der Waals surface area contributed by atoms with Crippen LogP contribution in [0.5, 0.6) is 0 Å². The van der Waals surface area contributed by atoms with Crippen molar-refractivity contribution >= 4 is 23.3 Å². The lowest BCUT2D eigenvalue weighted by Gasteiger charge is -2.17. The predicted octanol–water partition coefficient (Wildman–Crippen LogP) is 1.53. The van der Waals surface area contributed by atoms with E-state index in [2.05, 4.69) is 10.6 Å². The summed E-state index contributed by atoms with van der Waals surface area (Å²) < 4.78 is 0. The third-order valence-electron chi connectivity index (χ3n) is 3.34. The number of carbonyl (C=O) groups is 2. The molecule has 0 unspecified atom stereocenters. The normalized spacial score (nSPS) is 16.0. The number of rotatable bonds is 5. The van der Waals surface area contributed by atoms with Crippen molar-refractivity contribution in [1.82, 2.24) is 5.32 Å². The molecule has 1 heterocycles. The van der Waals surface area contributed by atoms with Crippen LogP contribution in [-0.4, -0.2) is 31.1 Å². The van der Waals surface area contributed by atoms with E-state index >= 15 is 0 Å². The van der Waals surface area contributed by atoms with Gasteiger partial charge in [-0.2, -0.15) is 0 Å². The van der Waals surface area contributed by atoms with Gasteiger partial charge in [0.15, 0.2) is 0 Å². The van der Waals surface area contributed by atoms with Crippen molar-refractivity contribution in [1.29, 1.82) is 0 Å². The summed E-state index contributed by atoms with van der Waals surface area (Å²) in [7, 11) is 0. The molecule has 0 spiro atoms. The second-order valence-electron chi connectivity index (χ2n) is 5.66. The SMILES string of the molecule is CC(C)C[C@H](N)C(=O)Nc1cccc(N2CCNC2=O)c1. The molecular formula is C15H22N4O2. The average molecular weight is 290 g/mol. The van der Waals surface area contributed by atoms with Crippen molar-refractivity contribution in [2.75, 3.05) is 23.3 Å². The molecule has 6 nitrogen and oxygen atoms in total. The Bertz CT molecular complexity index is 530. The Kier molecular flexibility index (Phi) is 4.80. The number of nitrogens with two attached hydrogens (primary N) is 1. The van der Waals surface area contributed by atoms with Crippen LogP contribution in [0.4, 0.5) is 16.2 Å². The van der Waals surface area contributed by atoms with E-state index in [0.29, 0.717) is 31.1 Å². The van der Waals surface area contributed by atoms with Gasteiger partial charge >= 0.3 is 6.03 Å². The van der Waals surface area contributed by atoms with Crippen molar-refractivity contribution in [2.45, 2.75) is 26.3 Å². The lowest BCUT2D eigenvalue weighted by Crippen LogP contribution is -2.36. The highest BCUT2D eigenvalue weighted by Gasteiger charge is 2.21. The monoisotopic (exact) mass is 290 g/mol. The zero-order valence-corrected chi connectivity index (χ0v) is 12.4. The molecule has 1 aromatic carbocycles.